The van der Waals surface area contributed by atoms with Gasteiger partial charge in [0.2, 0.25) is 5.91 Å². The van der Waals surface area contributed by atoms with Gasteiger partial charge in [0.1, 0.15) is 0 Å². The van der Waals surface area contributed by atoms with Crippen LogP contribution < -0.4 is 11.1 Å². The summed E-state index contributed by atoms with van der Waals surface area (Å²) >= 11 is 0. The highest BCUT2D eigenvalue weighted by Gasteiger charge is 2.17. The molecule has 0 aliphatic heterocycles. The monoisotopic (exact) mass is 332 g/mol. The molecule has 2 atom stereocenters. The Labute approximate surface area is 144 Å². The number of amides is 1. The van der Waals surface area contributed by atoms with Gasteiger partial charge in [-0.2, -0.15) is 0 Å². The lowest BCUT2D eigenvalue weighted by molar-refractivity contribution is -0.123. The van der Waals surface area contributed by atoms with E-state index in [0.29, 0.717) is 6.42 Å². The third kappa shape index (κ3) is 5.38. The zero-order valence-electron chi connectivity index (χ0n) is 13.9. The molecule has 2 rings (SSSR count). The maximum absolute atomic E-state index is 12.3. The number of hydrogen-bond donors (Lipinski definition) is 2. The van der Waals surface area contributed by atoms with E-state index in [2.05, 4.69) is 37.4 Å². The van der Waals surface area contributed by atoms with Gasteiger partial charge in [-0.3, -0.25) is 4.79 Å². The van der Waals surface area contributed by atoms with E-state index in [0.717, 1.165) is 11.1 Å². The van der Waals surface area contributed by atoms with Gasteiger partial charge in [-0.25, -0.2) is 0 Å². The third-order valence-electron chi connectivity index (χ3n) is 3.89. The van der Waals surface area contributed by atoms with Gasteiger partial charge >= 0.3 is 0 Å². The first-order valence-electron chi connectivity index (χ1n) is 7.64. The van der Waals surface area contributed by atoms with Gasteiger partial charge in [0.05, 0.1) is 12.1 Å². The van der Waals surface area contributed by atoms with E-state index in [-0.39, 0.29) is 24.4 Å². The Morgan fingerprint density at radius 3 is 2.39 bits per heavy atom. The second-order valence-corrected chi connectivity index (χ2v) is 5.89. The van der Waals surface area contributed by atoms with Crippen molar-refractivity contribution in [3.8, 4) is 0 Å². The van der Waals surface area contributed by atoms with Gasteiger partial charge < -0.3 is 11.1 Å². The maximum Gasteiger partial charge on any atom is 0.237 e. The molecule has 0 spiro atoms. The first-order chi connectivity index (χ1) is 10.5. The molecule has 23 heavy (non-hydrogen) atoms. The molecule has 2 aromatic rings. The molecule has 124 valence electrons. The quantitative estimate of drug-likeness (QED) is 0.880. The molecule has 1 unspecified atom stereocenters. The Morgan fingerprint density at radius 1 is 1.13 bits per heavy atom. The van der Waals surface area contributed by atoms with Crippen LogP contribution in [0.5, 0.6) is 0 Å². The van der Waals surface area contributed by atoms with E-state index in [4.69, 9.17) is 5.73 Å². The zero-order valence-corrected chi connectivity index (χ0v) is 14.7. The topological polar surface area (TPSA) is 55.1 Å². The fraction of sp³-hybridized carbons (Fsp3) is 0.316. The van der Waals surface area contributed by atoms with Crippen molar-refractivity contribution in [2.24, 2.45) is 5.73 Å². The number of hydrogen-bond acceptors (Lipinski definition) is 2. The van der Waals surface area contributed by atoms with Crippen LogP contribution in [0.15, 0.2) is 48.5 Å². The molecule has 0 heterocycles. The molecule has 4 heteroatoms. The minimum Gasteiger partial charge on any atom is -0.348 e. The van der Waals surface area contributed by atoms with Crippen LogP contribution in [0.1, 0.15) is 35.2 Å². The highest BCUT2D eigenvalue weighted by molar-refractivity contribution is 5.85. The van der Waals surface area contributed by atoms with Crippen LogP contribution in [-0.2, 0) is 11.2 Å². The summed E-state index contributed by atoms with van der Waals surface area (Å²) in [5.41, 5.74) is 10.6. The fourth-order valence-electron chi connectivity index (χ4n) is 2.67. The molecule has 0 aliphatic carbocycles. The summed E-state index contributed by atoms with van der Waals surface area (Å²) in [5, 5.41) is 3.01. The lowest BCUT2D eigenvalue weighted by Crippen LogP contribution is -2.43. The Bertz CT molecular complexity index is 643. The van der Waals surface area contributed by atoms with Gasteiger partial charge in [-0.05, 0) is 43.9 Å². The van der Waals surface area contributed by atoms with E-state index in [9.17, 15) is 4.79 Å². The second-order valence-electron chi connectivity index (χ2n) is 5.89. The number of aryl methyl sites for hydroxylation is 2. The van der Waals surface area contributed by atoms with Gasteiger partial charge in [-0.15, -0.1) is 12.4 Å². The summed E-state index contributed by atoms with van der Waals surface area (Å²) in [5.74, 6) is -0.115. The second kappa shape index (κ2) is 8.70. The molecule has 2 aromatic carbocycles. The van der Waals surface area contributed by atoms with Crippen molar-refractivity contribution >= 4 is 18.3 Å². The minimum absolute atomic E-state index is 0. The molecule has 0 saturated heterocycles. The third-order valence-corrected chi connectivity index (χ3v) is 3.89. The zero-order chi connectivity index (χ0) is 16.1. The van der Waals surface area contributed by atoms with E-state index in [1.807, 2.05) is 37.3 Å². The first-order valence-corrected chi connectivity index (χ1v) is 7.64. The highest BCUT2D eigenvalue weighted by atomic mass is 35.5. The average molecular weight is 333 g/mol. The van der Waals surface area contributed by atoms with Crippen LogP contribution in [0.25, 0.3) is 0 Å². The van der Waals surface area contributed by atoms with Crippen LogP contribution in [0.2, 0.25) is 0 Å². The van der Waals surface area contributed by atoms with Crippen molar-refractivity contribution < 1.29 is 4.79 Å². The standard InChI is InChI=1S/C19H24N2O.ClH/c1-13-9-10-17(14(2)11-13)15(3)21-19(22)18(20)12-16-7-5-4-6-8-16;/h4-11,15,18H,12,20H2,1-3H3,(H,21,22);1H/t15?,18-;/m0./s1. The van der Waals surface area contributed by atoms with Crippen molar-refractivity contribution in [1.29, 1.82) is 0 Å². The van der Waals surface area contributed by atoms with E-state index in [1.165, 1.54) is 11.1 Å². The van der Waals surface area contributed by atoms with Crippen molar-refractivity contribution in [2.45, 2.75) is 39.3 Å². The van der Waals surface area contributed by atoms with Crippen molar-refractivity contribution in [3.63, 3.8) is 0 Å². The van der Waals surface area contributed by atoms with Crippen molar-refractivity contribution in [1.82, 2.24) is 5.32 Å². The van der Waals surface area contributed by atoms with Crippen LogP contribution in [0.3, 0.4) is 0 Å². The average Bonchev–Trinajstić information content (AvgIpc) is 2.47. The SMILES string of the molecule is Cc1ccc(C(C)NC(=O)[C@@H](N)Cc2ccccc2)c(C)c1.Cl. The summed E-state index contributed by atoms with van der Waals surface area (Å²) in [6, 6.07) is 15.5. The number of rotatable bonds is 5. The van der Waals surface area contributed by atoms with Crippen LogP contribution >= 0.6 is 12.4 Å². The van der Waals surface area contributed by atoms with Gasteiger partial charge in [0, 0.05) is 0 Å². The number of carbonyl (C=O) groups excluding carboxylic acids is 1. The molecule has 0 saturated carbocycles. The van der Waals surface area contributed by atoms with Gasteiger partial charge in [0.15, 0.2) is 0 Å². The number of nitrogens with two attached hydrogens (primary N) is 1. The van der Waals surface area contributed by atoms with Crippen molar-refractivity contribution in [3.05, 3.63) is 70.8 Å². The summed E-state index contributed by atoms with van der Waals surface area (Å²) in [6.45, 7) is 6.12. The van der Waals surface area contributed by atoms with Crippen LogP contribution in [0, 0.1) is 13.8 Å². The van der Waals surface area contributed by atoms with Crippen molar-refractivity contribution in [2.75, 3.05) is 0 Å². The summed E-state index contributed by atoms with van der Waals surface area (Å²) < 4.78 is 0. The molecule has 0 bridgehead atoms. The summed E-state index contributed by atoms with van der Waals surface area (Å²) in [4.78, 5) is 12.3. The number of halogens is 1. The Hall–Kier alpha value is -1.84. The summed E-state index contributed by atoms with van der Waals surface area (Å²) in [7, 11) is 0. The number of nitrogens with one attached hydrogen (secondary N) is 1. The smallest absolute Gasteiger partial charge is 0.237 e. The van der Waals surface area contributed by atoms with Crippen LogP contribution in [-0.4, -0.2) is 11.9 Å². The molecular weight excluding hydrogens is 308 g/mol. The first kappa shape index (κ1) is 19.2. The molecule has 1 amide bonds. The van der Waals surface area contributed by atoms with E-state index in [1.54, 1.807) is 0 Å². The molecule has 0 radical (unpaired) electrons. The van der Waals surface area contributed by atoms with Crippen LogP contribution in [0.4, 0.5) is 0 Å². The summed E-state index contributed by atoms with van der Waals surface area (Å²) in [6.07, 6.45) is 0.548. The van der Waals surface area contributed by atoms with Gasteiger partial charge in [-0.1, -0.05) is 54.1 Å². The molecule has 0 aliphatic rings. The predicted octanol–water partition coefficient (Wildman–Crippen LogP) is 3.47. The maximum atomic E-state index is 12.3. The molecule has 0 fully saturated rings. The van der Waals surface area contributed by atoms with Gasteiger partial charge in [0.25, 0.3) is 0 Å². The number of carbonyl (C=O) groups is 1. The highest BCUT2D eigenvalue weighted by Crippen LogP contribution is 2.18. The molecular formula is C19H25ClN2O. The Balaban J connectivity index is 0.00000264. The largest absolute Gasteiger partial charge is 0.348 e. The fourth-order valence-corrected chi connectivity index (χ4v) is 2.67. The molecule has 3 nitrogen and oxygen atoms in total. The molecule has 3 N–H and O–H groups in total. The van der Waals surface area contributed by atoms with E-state index >= 15 is 0 Å². The Kier molecular flexibility index (Phi) is 7.27. The lowest BCUT2D eigenvalue weighted by Gasteiger charge is -2.20. The van der Waals surface area contributed by atoms with E-state index < -0.39 is 6.04 Å². The molecule has 0 aromatic heterocycles. The lowest BCUT2D eigenvalue weighted by atomic mass is 9.99. The predicted molar refractivity (Wildman–Crippen MR) is 97.8 cm³/mol. The Morgan fingerprint density at radius 2 is 1.78 bits per heavy atom. The number of benzene rings is 2. The minimum atomic E-state index is -0.532. The normalized spacial score (nSPS) is 12.9.